The van der Waals surface area contributed by atoms with Crippen molar-refractivity contribution in [3.8, 4) is 12.3 Å². The average molecular weight is 168 g/mol. The van der Waals surface area contributed by atoms with Crippen molar-refractivity contribution in [3.63, 3.8) is 0 Å². The van der Waals surface area contributed by atoms with Crippen molar-refractivity contribution in [3.05, 3.63) is 0 Å². The van der Waals surface area contributed by atoms with Crippen molar-refractivity contribution in [1.82, 2.24) is 10.2 Å². The second kappa shape index (κ2) is 6.05. The average Bonchev–Trinajstić information content (AvgIpc) is 2.00. The van der Waals surface area contributed by atoms with E-state index in [0.717, 1.165) is 13.1 Å². The zero-order valence-corrected chi connectivity index (χ0v) is 8.59. The molecule has 0 amide bonds. The topological polar surface area (TPSA) is 15.3 Å². The second-order valence-electron chi connectivity index (χ2n) is 3.53. The highest BCUT2D eigenvalue weighted by Crippen LogP contribution is 1.92. The molecule has 0 bridgehead atoms. The molecule has 0 aliphatic heterocycles. The summed E-state index contributed by atoms with van der Waals surface area (Å²) >= 11 is 0. The quantitative estimate of drug-likeness (QED) is 0.615. The number of hydrogen-bond donors (Lipinski definition) is 1. The van der Waals surface area contributed by atoms with Gasteiger partial charge in [0.05, 0.1) is 6.54 Å². The van der Waals surface area contributed by atoms with Gasteiger partial charge in [0.1, 0.15) is 0 Å². The van der Waals surface area contributed by atoms with Crippen molar-refractivity contribution < 1.29 is 0 Å². The van der Waals surface area contributed by atoms with Crippen LogP contribution in [0.3, 0.4) is 0 Å². The van der Waals surface area contributed by atoms with Crippen molar-refractivity contribution >= 4 is 0 Å². The summed E-state index contributed by atoms with van der Waals surface area (Å²) in [5.41, 5.74) is 0. The highest BCUT2D eigenvalue weighted by atomic mass is 15.1. The largest absolute Gasteiger partial charge is 0.313 e. The monoisotopic (exact) mass is 168 g/mol. The molecule has 0 aromatic rings. The summed E-state index contributed by atoms with van der Waals surface area (Å²) in [6, 6.07) is 1.05. The molecule has 1 unspecified atom stereocenters. The van der Waals surface area contributed by atoms with Crippen LogP contribution >= 0.6 is 0 Å². The number of rotatable bonds is 5. The lowest BCUT2D eigenvalue weighted by atomic mass is 10.2. The highest BCUT2D eigenvalue weighted by molar-refractivity contribution is 4.88. The molecular weight excluding hydrogens is 148 g/mol. The maximum Gasteiger partial charge on any atom is 0.0599 e. The maximum absolute atomic E-state index is 5.21. The molecule has 2 heteroatoms. The Morgan fingerprint density at radius 2 is 2.00 bits per heavy atom. The molecule has 0 aromatic carbocycles. The lowest BCUT2D eigenvalue weighted by Gasteiger charge is -2.23. The molecule has 1 N–H and O–H groups in total. The summed E-state index contributed by atoms with van der Waals surface area (Å²) < 4.78 is 0. The lowest BCUT2D eigenvalue weighted by Crippen LogP contribution is -2.40. The number of hydrogen-bond acceptors (Lipinski definition) is 2. The van der Waals surface area contributed by atoms with Crippen LogP contribution in [0.1, 0.15) is 20.8 Å². The van der Waals surface area contributed by atoms with E-state index >= 15 is 0 Å². The van der Waals surface area contributed by atoms with Gasteiger partial charge in [-0.05, 0) is 14.0 Å². The minimum Gasteiger partial charge on any atom is -0.313 e. The first-order valence-electron chi connectivity index (χ1n) is 4.45. The van der Waals surface area contributed by atoms with Crippen molar-refractivity contribution in [2.45, 2.75) is 32.9 Å². The van der Waals surface area contributed by atoms with Crippen molar-refractivity contribution in [2.24, 2.45) is 0 Å². The lowest BCUT2D eigenvalue weighted by molar-refractivity contribution is 0.275. The molecule has 1 atom stereocenters. The number of nitrogens with zero attached hydrogens (tertiary/aromatic N) is 1. The normalized spacial score (nSPS) is 13.4. The van der Waals surface area contributed by atoms with E-state index in [1.165, 1.54) is 0 Å². The van der Waals surface area contributed by atoms with Crippen LogP contribution in [-0.4, -0.2) is 37.1 Å². The Morgan fingerprint density at radius 3 is 2.42 bits per heavy atom. The number of likely N-dealkylation sites (N-methyl/N-ethyl adjacent to an activating group) is 1. The van der Waals surface area contributed by atoms with Crippen LogP contribution in [-0.2, 0) is 0 Å². The Labute approximate surface area is 76.3 Å². The van der Waals surface area contributed by atoms with E-state index in [4.69, 9.17) is 6.42 Å². The first-order valence-corrected chi connectivity index (χ1v) is 4.45. The maximum atomic E-state index is 5.21. The minimum absolute atomic E-state index is 0.503. The zero-order valence-electron chi connectivity index (χ0n) is 8.59. The van der Waals surface area contributed by atoms with E-state index in [1.807, 2.05) is 7.05 Å². The predicted octanol–water partition coefficient (Wildman–Crippen LogP) is 0.938. The van der Waals surface area contributed by atoms with Crippen LogP contribution < -0.4 is 5.32 Å². The minimum atomic E-state index is 0.503. The second-order valence-corrected chi connectivity index (χ2v) is 3.53. The molecule has 0 saturated heterocycles. The first kappa shape index (κ1) is 11.5. The Hall–Kier alpha value is -0.520. The fourth-order valence-electron chi connectivity index (χ4n) is 0.862. The van der Waals surface area contributed by atoms with Crippen LogP contribution in [0, 0.1) is 12.3 Å². The van der Waals surface area contributed by atoms with Crippen LogP contribution in [0.2, 0.25) is 0 Å². The van der Waals surface area contributed by atoms with Gasteiger partial charge < -0.3 is 5.32 Å². The summed E-state index contributed by atoms with van der Waals surface area (Å²) in [4.78, 5) is 2.16. The molecule has 0 fully saturated rings. The molecule has 2 nitrogen and oxygen atoms in total. The Kier molecular flexibility index (Phi) is 5.79. The van der Waals surface area contributed by atoms with Crippen LogP contribution in [0.25, 0.3) is 0 Å². The van der Waals surface area contributed by atoms with Gasteiger partial charge in [-0.15, -0.1) is 6.42 Å². The summed E-state index contributed by atoms with van der Waals surface area (Å²) in [6.07, 6.45) is 5.21. The van der Waals surface area contributed by atoms with Gasteiger partial charge in [-0.2, -0.15) is 0 Å². The van der Waals surface area contributed by atoms with E-state index in [2.05, 4.69) is 36.9 Å². The standard InChI is InChI=1S/C10H20N2/c1-6-7-12(5)10(4)8-11-9(2)3/h1,9-11H,7-8H2,2-5H3. The SMILES string of the molecule is C#CCN(C)C(C)CNC(C)C. The molecule has 0 aliphatic carbocycles. The number of nitrogens with one attached hydrogen (secondary N) is 1. The van der Waals surface area contributed by atoms with Gasteiger partial charge in [0.15, 0.2) is 0 Å². The highest BCUT2D eigenvalue weighted by Gasteiger charge is 2.06. The summed E-state index contributed by atoms with van der Waals surface area (Å²) in [5, 5.41) is 3.37. The molecule has 0 heterocycles. The van der Waals surface area contributed by atoms with E-state index in [1.54, 1.807) is 0 Å². The molecular formula is C10H20N2. The fraction of sp³-hybridized carbons (Fsp3) is 0.800. The van der Waals surface area contributed by atoms with Gasteiger partial charge in [-0.1, -0.05) is 19.8 Å². The van der Waals surface area contributed by atoms with Gasteiger partial charge in [0, 0.05) is 18.6 Å². The van der Waals surface area contributed by atoms with Crippen molar-refractivity contribution in [1.29, 1.82) is 0 Å². The molecule has 0 aliphatic rings. The van der Waals surface area contributed by atoms with Crippen molar-refractivity contribution in [2.75, 3.05) is 20.1 Å². The molecule has 0 rings (SSSR count). The molecule has 0 saturated carbocycles. The van der Waals surface area contributed by atoms with E-state index in [9.17, 15) is 0 Å². The predicted molar refractivity (Wildman–Crippen MR) is 54.1 cm³/mol. The summed E-state index contributed by atoms with van der Waals surface area (Å²) in [6.45, 7) is 8.19. The van der Waals surface area contributed by atoms with Gasteiger partial charge in [-0.3, -0.25) is 4.90 Å². The third-order valence-corrected chi connectivity index (χ3v) is 1.91. The summed E-state index contributed by atoms with van der Waals surface area (Å²) in [7, 11) is 2.05. The third-order valence-electron chi connectivity index (χ3n) is 1.91. The van der Waals surface area contributed by atoms with Crippen LogP contribution in [0.15, 0.2) is 0 Å². The summed E-state index contributed by atoms with van der Waals surface area (Å²) in [5.74, 6) is 2.63. The number of terminal acetylenes is 1. The Bertz CT molecular complexity index is 146. The van der Waals surface area contributed by atoms with E-state index in [-0.39, 0.29) is 0 Å². The molecule has 0 spiro atoms. The van der Waals surface area contributed by atoms with Gasteiger partial charge >= 0.3 is 0 Å². The van der Waals surface area contributed by atoms with Gasteiger partial charge in [0.2, 0.25) is 0 Å². The molecule has 0 radical (unpaired) electrons. The van der Waals surface area contributed by atoms with Crippen LogP contribution in [0.5, 0.6) is 0 Å². The third kappa shape index (κ3) is 5.17. The zero-order chi connectivity index (χ0) is 9.56. The molecule has 12 heavy (non-hydrogen) atoms. The van der Waals surface area contributed by atoms with Gasteiger partial charge in [-0.25, -0.2) is 0 Å². The fourth-order valence-corrected chi connectivity index (χ4v) is 0.862. The smallest absolute Gasteiger partial charge is 0.0599 e. The first-order chi connectivity index (χ1) is 5.57. The Balaban J connectivity index is 3.57. The van der Waals surface area contributed by atoms with E-state index < -0.39 is 0 Å². The molecule has 0 aromatic heterocycles. The van der Waals surface area contributed by atoms with E-state index in [0.29, 0.717) is 12.1 Å². The molecule has 70 valence electrons. The van der Waals surface area contributed by atoms with Crippen LogP contribution in [0.4, 0.5) is 0 Å². The van der Waals surface area contributed by atoms with Gasteiger partial charge in [0.25, 0.3) is 0 Å². The Morgan fingerprint density at radius 1 is 1.42 bits per heavy atom.